The van der Waals surface area contributed by atoms with Crippen LogP contribution in [0, 0.1) is 0 Å². The van der Waals surface area contributed by atoms with Crippen molar-refractivity contribution in [2.75, 3.05) is 26.6 Å². The third-order valence-electron chi connectivity index (χ3n) is 4.03. The van der Waals surface area contributed by atoms with Crippen molar-refractivity contribution in [2.45, 2.75) is 24.8 Å². The maximum atomic E-state index is 12.8. The fourth-order valence-electron chi connectivity index (χ4n) is 2.63. The van der Waals surface area contributed by atoms with Gasteiger partial charge in [0, 0.05) is 13.0 Å². The van der Waals surface area contributed by atoms with Crippen LogP contribution in [-0.4, -0.2) is 35.7 Å². The Morgan fingerprint density at radius 3 is 2.11 bits per heavy atom. The van der Waals surface area contributed by atoms with Crippen molar-refractivity contribution in [1.82, 2.24) is 4.72 Å². The lowest BCUT2D eigenvalue weighted by molar-refractivity contribution is -0.114. The molecule has 0 spiro atoms. The van der Waals surface area contributed by atoms with Crippen LogP contribution in [0.15, 0.2) is 41.3 Å². The largest absolute Gasteiger partial charge is 0.495 e. The van der Waals surface area contributed by atoms with E-state index in [2.05, 4.69) is 10.0 Å². The summed E-state index contributed by atoms with van der Waals surface area (Å²) in [4.78, 5) is 11.4. The molecule has 0 aliphatic rings. The third-order valence-corrected chi connectivity index (χ3v) is 5.57. The van der Waals surface area contributed by atoms with Crippen molar-refractivity contribution in [1.29, 1.82) is 0 Å². The van der Waals surface area contributed by atoms with Crippen LogP contribution in [0.25, 0.3) is 0 Å². The van der Waals surface area contributed by atoms with E-state index in [-0.39, 0.29) is 16.5 Å². The summed E-state index contributed by atoms with van der Waals surface area (Å²) in [6, 6.07) is 8.89. The second-order valence-electron chi connectivity index (χ2n) is 6.00. The van der Waals surface area contributed by atoms with Crippen LogP contribution < -0.4 is 24.2 Å². The summed E-state index contributed by atoms with van der Waals surface area (Å²) in [7, 11) is 0.621. The lowest BCUT2D eigenvalue weighted by Crippen LogP contribution is -2.27. The second kappa shape index (κ2) is 8.94. The number of benzene rings is 2. The number of anilines is 1. The SMILES string of the molecule is COc1ccc(S(=O)(=O)N[C@H](C)c2ccc(OC)c(OC)c2)cc1NC(C)=O. The van der Waals surface area contributed by atoms with Crippen molar-refractivity contribution < 1.29 is 27.4 Å². The average molecular weight is 408 g/mol. The lowest BCUT2D eigenvalue weighted by Gasteiger charge is -2.17. The summed E-state index contributed by atoms with van der Waals surface area (Å²) in [5.41, 5.74) is 0.980. The van der Waals surface area contributed by atoms with Crippen molar-refractivity contribution in [3.8, 4) is 17.2 Å². The van der Waals surface area contributed by atoms with Gasteiger partial charge in [0.25, 0.3) is 0 Å². The van der Waals surface area contributed by atoms with E-state index in [4.69, 9.17) is 14.2 Å². The Hall–Kier alpha value is -2.78. The van der Waals surface area contributed by atoms with E-state index in [0.717, 1.165) is 0 Å². The molecule has 0 radical (unpaired) electrons. The molecule has 0 aliphatic carbocycles. The van der Waals surface area contributed by atoms with Gasteiger partial charge in [0.15, 0.2) is 11.5 Å². The van der Waals surface area contributed by atoms with Crippen molar-refractivity contribution in [3.05, 3.63) is 42.0 Å². The van der Waals surface area contributed by atoms with Gasteiger partial charge in [0.2, 0.25) is 15.9 Å². The van der Waals surface area contributed by atoms with Gasteiger partial charge in [0.05, 0.1) is 31.9 Å². The Bertz CT molecular complexity index is 959. The predicted molar refractivity (Wildman–Crippen MR) is 106 cm³/mol. The highest BCUT2D eigenvalue weighted by atomic mass is 32.2. The normalized spacial score (nSPS) is 12.2. The number of methoxy groups -OCH3 is 3. The van der Waals surface area contributed by atoms with Crippen LogP contribution in [0.2, 0.25) is 0 Å². The smallest absolute Gasteiger partial charge is 0.241 e. The highest BCUT2D eigenvalue weighted by molar-refractivity contribution is 7.89. The minimum Gasteiger partial charge on any atom is -0.495 e. The van der Waals surface area contributed by atoms with Gasteiger partial charge in [-0.05, 0) is 42.8 Å². The monoisotopic (exact) mass is 408 g/mol. The molecule has 0 saturated heterocycles. The van der Waals surface area contributed by atoms with E-state index < -0.39 is 16.1 Å². The number of ether oxygens (including phenoxy) is 3. The molecule has 0 aromatic heterocycles. The van der Waals surface area contributed by atoms with E-state index in [1.807, 2.05) is 0 Å². The molecule has 28 heavy (non-hydrogen) atoms. The molecule has 0 heterocycles. The van der Waals surface area contributed by atoms with E-state index in [1.54, 1.807) is 25.1 Å². The minimum atomic E-state index is -3.86. The molecule has 152 valence electrons. The average Bonchev–Trinajstić information content (AvgIpc) is 2.66. The first-order valence-corrected chi connectivity index (χ1v) is 9.90. The Labute approximate surface area is 164 Å². The van der Waals surface area contributed by atoms with E-state index >= 15 is 0 Å². The van der Waals surface area contributed by atoms with Gasteiger partial charge in [-0.15, -0.1) is 0 Å². The third kappa shape index (κ3) is 4.93. The summed E-state index contributed by atoms with van der Waals surface area (Å²) >= 11 is 0. The molecule has 0 saturated carbocycles. The number of amides is 1. The number of hydrogen-bond donors (Lipinski definition) is 2. The van der Waals surface area contributed by atoms with Gasteiger partial charge in [-0.2, -0.15) is 0 Å². The molecular formula is C19H24N2O6S. The van der Waals surface area contributed by atoms with Gasteiger partial charge >= 0.3 is 0 Å². The number of carbonyl (C=O) groups excluding carboxylic acids is 1. The Morgan fingerprint density at radius 1 is 0.929 bits per heavy atom. The Morgan fingerprint density at radius 2 is 1.54 bits per heavy atom. The van der Waals surface area contributed by atoms with Crippen LogP contribution in [0.3, 0.4) is 0 Å². The van der Waals surface area contributed by atoms with Crippen molar-refractivity contribution in [3.63, 3.8) is 0 Å². The van der Waals surface area contributed by atoms with Gasteiger partial charge in [0.1, 0.15) is 5.75 Å². The van der Waals surface area contributed by atoms with Crippen LogP contribution >= 0.6 is 0 Å². The predicted octanol–water partition coefficient (Wildman–Crippen LogP) is 2.71. The van der Waals surface area contributed by atoms with Crippen LogP contribution in [0.1, 0.15) is 25.5 Å². The van der Waals surface area contributed by atoms with Gasteiger partial charge < -0.3 is 19.5 Å². The summed E-state index contributed by atoms with van der Waals surface area (Å²) < 4.78 is 43.9. The van der Waals surface area contributed by atoms with E-state index in [1.165, 1.54) is 46.5 Å². The molecular weight excluding hydrogens is 384 g/mol. The summed E-state index contributed by atoms with van der Waals surface area (Å²) in [6.45, 7) is 3.05. The van der Waals surface area contributed by atoms with E-state index in [9.17, 15) is 13.2 Å². The second-order valence-corrected chi connectivity index (χ2v) is 7.71. The van der Waals surface area contributed by atoms with Gasteiger partial charge in [-0.25, -0.2) is 13.1 Å². The number of sulfonamides is 1. The molecule has 1 atom stereocenters. The first-order valence-electron chi connectivity index (χ1n) is 8.41. The van der Waals surface area contributed by atoms with Gasteiger partial charge in [-0.3, -0.25) is 4.79 Å². The first kappa shape index (κ1) is 21.5. The highest BCUT2D eigenvalue weighted by Gasteiger charge is 2.21. The Kier molecular flexibility index (Phi) is 6.87. The van der Waals surface area contributed by atoms with Crippen LogP contribution in [0.5, 0.6) is 17.2 Å². The molecule has 8 nitrogen and oxygen atoms in total. The quantitative estimate of drug-likeness (QED) is 0.696. The van der Waals surface area contributed by atoms with Crippen LogP contribution in [-0.2, 0) is 14.8 Å². The van der Waals surface area contributed by atoms with Crippen LogP contribution in [0.4, 0.5) is 5.69 Å². The minimum absolute atomic E-state index is 0.00405. The fourth-order valence-corrected chi connectivity index (χ4v) is 3.89. The Balaban J connectivity index is 2.31. The molecule has 1 amide bonds. The first-order chi connectivity index (χ1) is 13.2. The maximum absolute atomic E-state index is 12.8. The summed E-state index contributed by atoms with van der Waals surface area (Å²) in [5.74, 6) is 1.08. The molecule has 9 heteroatoms. The topological polar surface area (TPSA) is 103 Å². The molecule has 2 rings (SSSR count). The molecule has 0 bridgehead atoms. The summed E-state index contributed by atoms with van der Waals surface area (Å²) in [6.07, 6.45) is 0. The standard InChI is InChI=1S/C19H24N2O6S/c1-12(14-6-8-18(26-4)19(10-14)27-5)21-28(23,24)15-7-9-17(25-3)16(11-15)20-13(2)22/h6-12,21H,1-5H3,(H,20,22)/t12-/m1/s1. The van der Waals surface area contributed by atoms with Gasteiger partial charge in [-0.1, -0.05) is 6.07 Å². The zero-order chi connectivity index (χ0) is 20.9. The fraction of sp³-hybridized carbons (Fsp3) is 0.316. The number of rotatable bonds is 8. The number of carbonyl (C=O) groups is 1. The zero-order valence-corrected chi connectivity index (χ0v) is 17.2. The molecule has 0 unspecified atom stereocenters. The van der Waals surface area contributed by atoms with Crippen molar-refractivity contribution >= 4 is 21.6 Å². The van der Waals surface area contributed by atoms with Crippen molar-refractivity contribution in [2.24, 2.45) is 0 Å². The van der Waals surface area contributed by atoms with E-state index in [0.29, 0.717) is 22.8 Å². The zero-order valence-electron chi connectivity index (χ0n) is 16.4. The number of hydrogen-bond acceptors (Lipinski definition) is 6. The number of nitrogens with one attached hydrogen (secondary N) is 2. The maximum Gasteiger partial charge on any atom is 0.241 e. The highest BCUT2D eigenvalue weighted by Crippen LogP contribution is 2.31. The summed E-state index contributed by atoms with van der Waals surface area (Å²) in [5, 5.41) is 2.56. The molecule has 2 N–H and O–H groups in total. The molecule has 0 fully saturated rings. The molecule has 2 aromatic carbocycles. The lowest BCUT2D eigenvalue weighted by atomic mass is 10.1. The molecule has 0 aliphatic heterocycles. The molecule has 2 aromatic rings.